The normalized spacial score (nSPS) is 12.5. The zero-order valence-corrected chi connectivity index (χ0v) is 21.9. The lowest BCUT2D eigenvalue weighted by Crippen LogP contribution is -2.38. The molecule has 0 bridgehead atoms. The zero-order valence-electron chi connectivity index (χ0n) is 20.3. The highest BCUT2D eigenvalue weighted by molar-refractivity contribution is 7.92. The van der Waals surface area contributed by atoms with Crippen LogP contribution in [0.4, 0.5) is 15.8 Å². The second-order valence-electron chi connectivity index (χ2n) is 8.40. The molecule has 8 nitrogen and oxygen atoms in total. The summed E-state index contributed by atoms with van der Waals surface area (Å²) in [5.41, 5.74) is 0.334. The van der Waals surface area contributed by atoms with Crippen LogP contribution in [0.2, 0.25) is 5.02 Å². The molecule has 0 atom stereocenters. The third-order valence-electron chi connectivity index (χ3n) is 5.69. The maximum atomic E-state index is 13.8. The first-order valence-corrected chi connectivity index (χ1v) is 13.6. The number of hydrogen-bond acceptors (Lipinski definition) is 6. The van der Waals surface area contributed by atoms with Gasteiger partial charge in [-0.05, 0) is 66.7 Å². The fourth-order valence-electron chi connectivity index (χ4n) is 3.86. The number of amides is 1. The lowest BCUT2D eigenvalue weighted by atomic mass is 10.2. The second kappa shape index (κ2) is 11.2. The van der Waals surface area contributed by atoms with Crippen LogP contribution in [0.1, 0.15) is 0 Å². The molecule has 0 aromatic heterocycles. The number of para-hydroxylation sites is 1. The van der Waals surface area contributed by atoms with Gasteiger partial charge in [-0.2, -0.15) is 0 Å². The molecule has 11 heteroatoms. The van der Waals surface area contributed by atoms with Crippen LogP contribution in [-0.4, -0.2) is 34.1 Å². The number of fused-ring (bicyclic) bond motifs is 1. The van der Waals surface area contributed by atoms with Gasteiger partial charge in [-0.1, -0.05) is 29.8 Å². The Labute approximate surface area is 229 Å². The van der Waals surface area contributed by atoms with Crippen LogP contribution in [-0.2, 0) is 14.8 Å². The molecule has 4 aromatic carbocycles. The van der Waals surface area contributed by atoms with Crippen molar-refractivity contribution in [3.05, 3.63) is 102 Å². The van der Waals surface area contributed by atoms with Gasteiger partial charge in [0.15, 0.2) is 17.2 Å². The van der Waals surface area contributed by atoms with Crippen LogP contribution in [0.3, 0.4) is 0 Å². The van der Waals surface area contributed by atoms with Crippen LogP contribution in [0.15, 0.2) is 95.9 Å². The molecule has 1 amide bonds. The molecule has 0 unspecified atom stereocenters. The molecular weight excluding hydrogens is 547 g/mol. The molecule has 0 radical (unpaired) electrons. The minimum Gasteiger partial charge on any atom is -0.486 e. The first-order valence-electron chi connectivity index (χ1n) is 11.8. The van der Waals surface area contributed by atoms with E-state index in [1.807, 2.05) is 6.07 Å². The number of carbonyl (C=O) groups is 1. The van der Waals surface area contributed by atoms with E-state index in [1.54, 1.807) is 36.4 Å². The van der Waals surface area contributed by atoms with E-state index in [2.05, 4.69) is 5.32 Å². The Morgan fingerprint density at radius 2 is 1.64 bits per heavy atom. The highest BCUT2D eigenvalue weighted by atomic mass is 35.5. The Balaban J connectivity index is 1.45. The standard InChI is InChI=1S/C28H22ClFN2O6S/c29-19-6-12-25(38-22-4-2-1-3-5-22)24(16-19)31-28(33)18-32(21-9-7-20(30)8-10-21)39(34,35)23-11-13-26-27(17-23)37-15-14-36-26/h1-13,16-17H,14-15,18H2,(H,31,33). The summed E-state index contributed by atoms with van der Waals surface area (Å²) in [5, 5.41) is 3.02. The van der Waals surface area contributed by atoms with E-state index in [9.17, 15) is 17.6 Å². The molecule has 1 aliphatic rings. The topological polar surface area (TPSA) is 94.2 Å². The summed E-state index contributed by atoms with van der Waals surface area (Å²) in [5.74, 6) is 0.291. The molecule has 0 spiro atoms. The average Bonchev–Trinajstić information content (AvgIpc) is 2.94. The van der Waals surface area contributed by atoms with Crippen LogP contribution in [0, 0.1) is 5.82 Å². The molecule has 1 aliphatic heterocycles. The fourth-order valence-corrected chi connectivity index (χ4v) is 5.47. The van der Waals surface area contributed by atoms with E-state index in [0.717, 1.165) is 16.4 Å². The Morgan fingerprint density at radius 3 is 2.38 bits per heavy atom. The molecule has 39 heavy (non-hydrogen) atoms. The number of nitrogens with zero attached hydrogens (tertiary/aromatic N) is 1. The zero-order chi connectivity index (χ0) is 27.4. The van der Waals surface area contributed by atoms with E-state index < -0.39 is 28.3 Å². The number of rotatable bonds is 8. The number of nitrogens with one attached hydrogen (secondary N) is 1. The molecular formula is C28H22ClFN2O6S. The molecule has 1 heterocycles. The van der Waals surface area contributed by atoms with Crippen LogP contribution in [0.5, 0.6) is 23.0 Å². The molecule has 200 valence electrons. The predicted octanol–water partition coefficient (Wildman–Crippen LogP) is 5.88. The van der Waals surface area contributed by atoms with Gasteiger partial charge >= 0.3 is 0 Å². The Bertz CT molecular complexity index is 1600. The largest absolute Gasteiger partial charge is 0.486 e. The SMILES string of the molecule is O=C(CN(c1ccc(F)cc1)S(=O)(=O)c1ccc2c(c1)OCCO2)Nc1cc(Cl)ccc1Oc1ccccc1. The molecule has 0 saturated carbocycles. The molecule has 1 N–H and O–H groups in total. The third-order valence-corrected chi connectivity index (χ3v) is 7.70. The summed E-state index contributed by atoms with van der Waals surface area (Å²) in [6.45, 7) is -0.00620. The molecule has 0 fully saturated rings. The molecule has 0 aliphatic carbocycles. The van der Waals surface area contributed by atoms with Crippen molar-refractivity contribution in [3.63, 3.8) is 0 Å². The van der Waals surface area contributed by atoms with E-state index in [4.69, 9.17) is 25.8 Å². The van der Waals surface area contributed by atoms with Crippen LogP contribution >= 0.6 is 11.6 Å². The maximum absolute atomic E-state index is 13.8. The van der Waals surface area contributed by atoms with Gasteiger partial charge in [-0.3, -0.25) is 9.10 Å². The smallest absolute Gasteiger partial charge is 0.264 e. The summed E-state index contributed by atoms with van der Waals surface area (Å²) in [7, 11) is -4.30. The van der Waals surface area contributed by atoms with Crippen molar-refractivity contribution in [3.8, 4) is 23.0 Å². The quantitative estimate of drug-likeness (QED) is 0.285. The monoisotopic (exact) mass is 568 g/mol. The van der Waals surface area contributed by atoms with Crippen LogP contribution in [0.25, 0.3) is 0 Å². The van der Waals surface area contributed by atoms with E-state index in [-0.39, 0.29) is 28.6 Å². The third kappa shape index (κ3) is 6.08. The highest BCUT2D eigenvalue weighted by Gasteiger charge is 2.29. The highest BCUT2D eigenvalue weighted by Crippen LogP contribution is 2.35. The fraction of sp³-hybridized carbons (Fsp3) is 0.107. The van der Waals surface area contributed by atoms with Crippen molar-refractivity contribution in [1.82, 2.24) is 0 Å². The Morgan fingerprint density at radius 1 is 0.923 bits per heavy atom. The Kier molecular flexibility index (Phi) is 7.58. The van der Waals surface area contributed by atoms with Crippen molar-refractivity contribution < 1.29 is 31.8 Å². The van der Waals surface area contributed by atoms with Gasteiger partial charge < -0.3 is 19.5 Å². The number of anilines is 2. The second-order valence-corrected chi connectivity index (χ2v) is 10.7. The summed E-state index contributed by atoms with van der Waals surface area (Å²) in [4.78, 5) is 13.1. The minimum atomic E-state index is -4.30. The number of sulfonamides is 1. The number of ether oxygens (including phenoxy) is 3. The summed E-state index contributed by atoms with van der Waals surface area (Å²) >= 11 is 6.16. The summed E-state index contributed by atoms with van der Waals surface area (Å²) in [6, 6.07) is 22.6. The first kappa shape index (κ1) is 26.3. The summed E-state index contributed by atoms with van der Waals surface area (Å²) in [6.07, 6.45) is 0. The van der Waals surface area contributed by atoms with E-state index in [0.29, 0.717) is 28.9 Å². The van der Waals surface area contributed by atoms with Gasteiger partial charge in [0.05, 0.1) is 16.3 Å². The van der Waals surface area contributed by atoms with Crippen molar-refractivity contribution in [2.24, 2.45) is 0 Å². The van der Waals surface area contributed by atoms with Crippen molar-refractivity contribution in [1.29, 1.82) is 0 Å². The van der Waals surface area contributed by atoms with Gasteiger partial charge in [0.25, 0.3) is 10.0 Å². The molecule has 5 rings (SSSR count). The molecule has 0 saturated heterocycles. The average molecular weight is 569 g/mol. The van der Waals surface area contributed by atoms with Crippen molar-refractivity contribution >= 4 is 38.9 Å². The van der Waals surface area contributed by atoms with Gasteiger partial charge in [0.1, 0.15) is 31.3 Å². The Hall–Kier alpha value is -4.28. The van der Waals surface area contributed by atoms with Gasteiger partial charge in [-0.25, -0.2) is 12.8 Å². The number of benzene rings is 4. The lowest BCUT2D eigenvalue weighted by Gasteiger charge is -2.25. The maximum Gasteiger partial charge on any atom is 0.264 e. The van der Waals surface area contributed by atoms with Crippen molar-refractivity contribution in [2.45, 2.75) is 4.90 Å². The molecule has 4 aromatic rings. The van der Waals surface area contributed by atoms with E-state index in [1.165, 1.54) is 36.4 Å². The number of hydrogen-bond donors (Lipinski definition) is 1. The lowest BCUT2D eigenvalue weighted by molar-refractivity contribution is -0.114. The predicted molar refractivity (Wildman–Crippen MR) is 145 cm³/mol. The van der Waals surface area contributed by atoms with Crippen LogP contribution < -0.4 is 23.8 Å². The van der Waals surface area contributed by atoms with Gasteiger partial charge in [0, 0.05) is 11.1 Å². The first-order chi connectivity index (χ1) is 18.8. The number of halogens is 2. The summed E-state index contributed by atoms with van der Waals surface area (Å²) < 4.78 is 59.0. The van der Waals surface area contributed by atoms with Gasteiger partial charge in [-0.15, -0.1) is 0 Å². The van der Waals surface area contributed by atoms with Gasteiger partial charge in [0.2, 0.25) is 5.91 Å². The van der Waals surface area contributed by atoms with E-state index >= 15 is 0 Å². The minimum absolute atomic E-state index is 0.0910. The van der Waals surface area contributed by atoms with Crippen molar-refractivity contribution in [2.75, 3.05) is 29.4 Å². The number of carbonyl (C=O) groups excluding carboxylic acids is 1.